The standard InChI is InChI=1S/C16H29N7OS.HI/c1-6-12-19-15(25-21-12)23-9-7-22(8-10-23)14(17-5)18-11-13(24)20-16(2,3)4;/h6-11H2,1-5H3,(H,17,18)(H,20,24);1H. The smallest absolute Gasteiger partial charge is 0.239 e. The van der Waals surface area contributed by atoms with E-state index < -0.39 is 0 Å². The Labute approximate surface area is 177 Å². The third kappa shape index (κ3) is 6.86. The fraction of sp³-hybridized carbons (Fsp3) is 0.750. The van der Waals surface area contributed by atoms with E-state index >= 15 is 0 Å². The molecule has 0 spiro atoms. The number of guanidine groups is 1. The van der Waals surface area contributed by atoms with Gasteiger partial charge in [-0.3, -0.25) is 9.79 Å². The number of nitrogens with one attached hydrogen (secondary N) is 2. The van der Waals surface area contributed by atoms with E-state index in [-0.39, 0.29) is 42.0 Å². The van der Waals surface area contributed by atoms with Crippen LogP contribution in [0, 0.1) is 0 Å². The number of carbonyl (C=O) groups is 1. The van der Waals surface area contributed by atoms with Crippen molar-refractivity contribution < 1.29 is 4.79 Å². The zero-order valence-corrected chi connectivity index (χ0v) is 19.4. The van der Waals surface area contributed by atoms with Gasteiger partial charge in [-0.05, 0) is 20.8 Å². The largest absolute Gasteiger partial charge is 0.350 e. The molecule has 1 saturated heterocycles. The summed E-state index contributed by atoms with van der Waals surface area (Å²) < 4.78 is 4.35. The number of nitrogens with zero attached hydrogens (tertiary/aromatic N) is 5. The monoisotopic (exact) mass is 495 g/mol. The molecule has 0 unspecified atom stereocenters. The molecule has 8 nitrogen and oxygen atoms in total. The van der Waals surface area contributed by atoms with Gasteiger partial charge in [0, 0.05) is 56.7 Å². The van der Waals surface area contributed by atoms with E-state index in [1.165, 1.54) is 11.5 Å². The van der Waals surface area contributed by atoms with E-state index in [1.807, 2.05) is 20.8 Å². The highest BCUT2D eigenvalue weighted by atomic mass is 127. The minimum Gasteiger partial charge on any atom is -0.350 e. The van der Waals surface area contributed by atoms with Crippen LogP contribution in [-0.2, 0) is 11.2 Å². The third-order valence-corrected chi connectivity index (χ3v) is 4.57. The molecule has 1 aliphatic rings. The number of hydrogen-bond donors (Lipinski definition) is 2. The molecule has 1 amide bonds. The van der Waals surface area contributed by atoms with Gasteiger partial charge >= 0.3 is 0 Å². The van der Waals surface area contributed by atoms with E-state index in [0.717, 1.165) is 49.5 Å². The van der Waals surface area contributed by atoms with Crippen LogP contribution in [0.25, 0.3) is 0 Å². The molecule has 1 aliphatic heterocycles. The summed E-state index contributed by atoms with van der Waals surface area (Å²) in [6.07, 6.45) is 0.865. The molecule has 1 aromatic rings. The fourth-order valence-corrected chi connectivity index (χ4v) is 3.38. The van der Waals surface area contributed by atoms with Gasteiger partial charge in [0.2, 0.25) is 11.0 Å². The molecule has 0 bridgehead atoms. The van der Waals surface area contributed by atoms with Crippen LogP contribution in [0.4, 0.5) is 5.13 Å². The Morgan fingerprint density at radius 2 is 1.92 bits per heavy atom. The van der Waals surface area contributed by atoms with Crippen LogP contribution < -0.4 is 15.5 Å². The number of aliphatic imine (C=N–C) groups is 1. The van der Waals surface area contributed by atoms with Crippen molar-refractivity contribution in [3.05, 3.63) is 5.82 Å². The zero-order valence-electron chi connectivity index (χ0n) is 16.2. The van der Waals surface area contributed by atoms with E-state index in [2.05, 4.69) is 41.7 Å². The lowest BCUT2D eigenvalue weighted by molar-refractivity contribution is -0.121. The SMILES string of the molecule is CCc1nsc(N2CCN(C(=NC)NCC(=O)NC(C)(C)C)CC2)n1.I. The Hall–Kier alpha value is -1.17. The minimum atomic E-state index is -0.229. The van der Waals surface area contributed by atoms with Gasteiger partial charge in [-0.25, -0.2) is 4.98 Å². The van der Waals surface area contributed by atoms with Gasteiger partial charge in [0.25, 0.3) is 0 Å². The molecule has 1 fully saturated rings. The van der Waals surface area contributed by atoms with Crippen LogP contribution >= 0.6 is 35.5 Å². The Balaban J connectivity index is 0.00000338. The molecule has 0 aromatic carbocycles. The van der Waals surface area contributed by atoms with Crippen molar-refractivity contribution in [3.63, 3.8) is 0 Å². The number of carbonyl (C=O) groups excluding carboxylic acids is 1. The highest BCUT2D eigenvalue weighted by Gasteiger charge is 2.22. The van der Waals surface area contributed by atoms with Gasteiger partial charge < -0.3 is 20.4 Å². The van der Waals surface area contributed by atoms with Crippen molar-refractivity contribution >= 4 is 52.5 Å². The Morgan fingerprint density at radius 1 is 1.27 bits per heavy atom. The number of aromatic nitrogens is 2. The lowest BCUT2D eigenvalue weighted by atomic mass is 10.1. The Bertz CT molecular complexity index is 606. The van der Waals surface area contributed by atoms with Crippen molar-refractivity contribution in [3.8, 4) is 0 Å². The minimum absolute atomic E-state index is 0. The highest BCUT2D eigenvalue weighted by Crippen LogP contribution is 2.19. The molecule has 10 heteroatoms. The van der Waals surface area contributed by atoms with Gasteiger partial charge in [-0.15, -0.1) is 24.0 Å². The van der Waals surface area contributed by atoms with E-state index in [0.29, 0.717) is 0 Å². The number of piperazine rings is 1. The number of aryl methyl sites for hydroxylation is 1. The molecule has 0 atom stereocenters. The van der Waals surface area contributed by atoms with Crippen LogP contribution in [0.5, 0.6) is 0 Å². The number of rotatable bonds is 4. The van der Waals surface area contributed by atoms with Gasteiger partial charge in [-0.1, -0.05) is 6.92 Å². The zero-order chi connectivity index (χ0) is 18.4. The second-order valence-corrected chi connectivity index (χ2v) is 7.75. The quantitative estimate of drug-likeness (QED) is 0.373. The summed E-state index contributed by atoms with van der Waals surface area (Å²) in [5, 5.41) is 7.08. The second-order valence-electron chi connectivity index (χ2n) is 7.02. The number of halogens is 1. The predicted molar refractivity (Wildman–Crippen MR) is 118 cm³/mol. The van der Waals surface area contributed by atoms with Crippen molar-refractivity contribution in [1.82, 2.24) is 24.9 Å². The predicted octanol–water partition coefficient (Wildman–Crippen LogP) is 1.33. The fourth-order valence-electron chi connectivity index (χ4n) is 2.58. The third-order valence-electron chi connectivity index (χ3n) is 3.76. The maximum Gasteiger partial charge on any atom is 0.239 e. The van der Waals surface area contributed by atoms with Crippen molar-refractivity contribution in [2.24, 2.45) is 4.99 Å². The van der Waals surface area contributed by atoms with Crippen LogP contribution in [0.1, 0.15) is 33.5 Å². The van der Waals surface area contributed by atoms with E-state index in [1.54, 1.807) is 7.05 Å². The first-order valence-corrected chi connectivity index (χ1v) is 9.44. The molecule has 0 aliphatic carbocycles. The molecular formula is C16H30IN7OS. The molecule has 26 heavy (non-hydrogen) atoms. The first-order chi connectivity index (χ1) is 11.8. The summed E-state index contributed by atoms with van der Waals surface area (Å²) >= 11 is 1.46. The maximum absolute atomic E-state index is 12.0. The number of anilines is 1. The summed E-state index contributed by atoms with van der Waals surface area (Å²) in [5.74, 6) is 1.63. The van der Waals surface area contributed by atoms with Crippen molar-refractivity contribution in [1.29, 1.82) is 0 Å². The van der Waals surface area contributed by atoms with Gasteiger partial charge in [-0.2, -0.15) is 4.37 Å². The highest BCUT2D eigenvalue weighted by molar-refractivity contribution is 14.0. The summed E-state index contributed by atoms with van der Waals surface area (Å²) in [4.78, 5) is 25.2. The summed E-state index contributed by atoms with van der Waals surface area (Å²) in [5.41, 5.74) is -0.229. The summed E-state index contributed by atoms with van der Waals surface area (Å²) in [6.45, 7) is 11.6. The van der Waals surface area contributed by atoms with Crippen molar-refractivity contribution in [2.75, 3.05) is 44.7 Å². The first-order valence-electron chi connectivity index (χ1n) is 8.66. The van der Waals surface area contributed by atoms with Crippen LogP contribution in [0.2, 0.25) is 0 Å². The maximum atomic E-state index is 12.0. The molecule has 2 N–H and O–H groups in total. The van der Waals surface area contributed by atoms with Crippen LogP contribution in [0.3, 0.4) is 0 Å². The molecule has 0 radical (unpaired) electrons. The average Bonchev–Trinajstić information content (AvgIpc) is 3.03. The van der Waals surface area contributed by atoms with E-state index in [4.69, 9.17) is 0 Å². The number of amides is 1. The molecule has 1 aromatic heterocycles. The first kappa shape index (κ1) is 22.9. The Morgan fingerprint density at radius 3 is 2.42 bits per heavy atom. The molecule has 2 rings (SSSR count). The summed E-state index contributed by atoms with van der Waals surface area (Å²) in [7, 11) is 1.74. The number of hydrogen-bond acceptors (Lipinski definition) is 6. The second kappa shape index (κ2) is 10.2. The van der Waals surface area contributed by atoms with Gasteiger partial charge in [0.15, 0.2) is 5.96 Å². The topological polar surface area (TPSA) is 85.8 Å². The molecule has 2 heterocycles. The average molecular weight is 495 g/mol. The van der Waals surface area contributed by atoms with Crippen molar-refractivity contribution in [2.45, 2.75) is 39.7 Å². The molecule has 0 saturated carbocycles. The lowest BCUT2D eigenvalue weighted by Crippen LogP contribution is -2.54. The van der Waals surface area contributed by atoms with E-state index in [9.17, 15) is 4.79 Å². The Kier molecular flexibility index (Phi) is 9.01. The normalized spacial score (nSPS) is 15.5. The van der Waals surface area contributed by atoms with Gasteiger partial charge in [0.05, 0.1) is 6.54 Å². The summed E-state index contributed by atoms with van der Waals surface area (Å²) in [6, 6.07) is 0. The van der Waals surface area contributed by atoms with Gasteiger partial charge in [0.1, 0.15) is 5.82 Å². The molecular weight excluding hydrogens is 465 g/mol. The van der Waals surface area contributed by atoms with Crippen LogP contribution in [-0.4, -0.2) is 71.4 Å². The molecule has 148 valence electrons. The lowest BCUT2D eigenvalue weighted by Gasteiger charge is -2.36. The van der Waals surface area contributed by atoms with Crippen LogP contribution in [0.15, 0.2) is 4.99 Å².